The third-order valence-electron chi connectivity index (χ3n) is 2.75. The zero-order valence-corrected chi connectivity index (χ0v) is 11.0. The smallest absolute Gasteiger partial charge is 0.393 e. The van der Waals surface area contributed by atoms with Crippen molar-refractivity contribution in [3.63, 3.8) is 0 Å². The summed E-state index contributed by atoms with van der Waals surface area (Å²) in [5, 5.41) is 9.60. The van der Waals surface area contributed by atoms with E-state index in [2.05, 4.69) is 4.98 Å². The molecule has 0 spiro atoms. The average Bonchev–Trinajstić information content (AvgIpc) is 2.18. The van der Waals surface area contributed by atoms with Gasteiger partial charge in [0, 0.05) is 12.1 Å². The van der Waals surface area contributed by atoms with Crippen LogP contribution in [-0.2, 0) is 6.18 Å². The molecule has 0 amide bonds. The van der Waals surface area contributed by atoms with Crippen LogP contribution >= 0.6 is 11.6 Å². The highest BCUT2D eigenvalue weighted by Gasteiger charge is 2.33. The first-order chi connectivity index (χ1) is 8.14. The summed E-state index contributed by atoms with van der Waals surface area (Å²) >= 11 is 5.84. The summed E-state index contributed by atoms with van der Waals surface area (Å²) in [6, 6.07) is 0.849. The van der Waals surface area contributed by atoms with E-state index in [1.165, 1.54) is 0 Å². The standard InChI is InChI=1S/C12H15ClF3NO/c1-6(2)10(7(3)18)11-9(13)4-8(5-17-11)12(14,15)16/h4-7,10,18H,1-3H3. The highest BCUT2D eigenvalue weighted by Crippen LogP contribution is 2.35. The van der Waals surface area contributed by atoms with Gasteiger partial charge in [-0.05, 0) is 18.9 Å². The molecule has 0 aliphatic rings. The Kier molecular flexibility index (Phi) is 4.61. The maximum Gasteiger partial charge on any atom is 0.417 e. The van der Waals surface area contributed by atoms with Crippen molar-refractivity contribution in [2.45, 2.75) is 39.0 Å². The van der Waals surface area contributed by atoms with Gasteiger partial charge in [0.25, 0.3) is 0 Å². The fraction of sp³-hybridized carbons (Fsp3) is 0.583. The van der Waals surface area contributed by atoms with Crippen LogP contribution in [0.15, 0.2) is 12.3 Å². The molecule has 0 fully saturated rings. The molecule has 1 N–H and O–H groups in total. The Morgan fingerprint density at radius 3 is 2.17 bits per heavy atom. The first-order valence-electron chi connectivity index (χ1n) is 5.55. The van der Waals surface area contributed by atoms with Crippen LogP contribution in [0.3, 0.4) is 0 Å². The summed E-state index contributed by atoms with van der Waals surface area (Å²) in [4.78, 5) is 3.78. The van der Waals surface area contributed by atoms with Crippen LogP contribution in [0.25, 0.3) is 0 Å². The molecular weight excluding hydrogens is 267 g/mol. The summed E-state index contributed by atoms with van der Waals surface area (Å²) in [5.74, 6) is -0.369. The number of pyridine rings is 1. The van der Waals surface area contributed by atoms with E-state index in [1.54, 1.807) is 6.92 Å². The molecule has 0 saturated heterocycles. The van der Waals surface area contributed by atoms with Crippen LogP contribution in [0.4, 0.5) is 13.2 Å². The van der Waals surface area contributed by atoms with Crippen molar-refractivity contribution < 1.29 is 18.3 Å². The minimum atomic E-state index is -4.46. The Hall–Kier alpha value is -0.810. The molecular formula is C12H15ClF3NO. The highest BCUT2D eigenvalue weighted by atomic mass is 35.5. The van der Waals surface area contributed by atoms with E-state index in [4.69, 9.17) is 11.6 Å². The second-order valence-electron chi connectivity index (χ2n) is 4.60. The lowest BCUT2D eigenvalue weighted by Gasteiger charge is -2.24. The third kappa shape index (κ3) is 3.36. The van der Waals surface area contributed by atoms with Crippen LogP contribution in [-0.4, -0.2) is 16.2 Å². The van der Waals surface area contributed by atoms with Gasteiger partial charge in [-0.3, -0.25) is 4.98 Å². The predicted molar refractivity (Wildman–Crippen MR) is 63.5 cm³/mol. The number of aromatic nitrogens is 1. The molecule has 0 aliphatic carbocycles. The van der Waals surface area contributed by atoms with Crippen LogP contribution < -0.4 is 0 Å². The van der Waals surface area contributed by atoms with Gasteiger partial charge in [-0.25, -0.2) is 0 Å². The molecule has 0 saturated carbocycles. The fourth-order valence-corrected chi connectivity index (χ4v) is 2.24. The molecule has 6 heteroatoms. The van der Waals surface area contributed by atoms with E-state index in [0.29, 0.717) is 5.69 Å². The molecule has 1 heterocycles. The van der Waals surface area contributed by atoms with Crippen LogP contribution in [0, 0.1) is 5.92 Å². The fourth-order valence-electron chi connectivity index (χ4n) is 1.95. The van der Waals surface area contributed by atoms with Crippen LogP contribution in [0.1, 0.15) is 37.9 Å². The Balaban J connectivity index is 3.20. The van der Waals surface area contributed by atoms with Crippen LogP contribution in [0.2, 0.25) is 5.02 Å². The molecule has 102 valence electrons. The van der Waals surface area contributed by atoms with Gasteiger partial charge in [0.2, 0.25) is 0 Å². The van der Waals surface area contributed by atoms with Gasteiger partial charge in [0.1, 0.15) is 0 Å². The first kappa shape index (κ1) is 15.2. The second kappa shape index (κ2) is 5.45. The summed E-state index contributed by atoms with van der Waals surface area (Å²) < 4.78 is 37.4. The van der Waals surface area contributed by atoms with Crippen molar-refractivity contribution in [1.82, 2.24) is 4.98 Å². The van der Waals surface area contributed by atoms with Crippen molar-refractivity contribution in [2.24, 2.45) is 5.92 Å². The number of aliphatic hydroxyl groups excluding tert-OH is 1. The van der Waals surface area contributed by atoms with Gasteiger partial charge in [0.05, 0.1) is 22.4 Å². The molecule has 0 aromatic carbocycles. The molecule has 0 radical (unpaired) electrons. The Morgan fingerprint density at radius 2 is 1.83 bits per heavy atom. The predicted octanol–water partition coefficient (Wildman–Crippen LogP) is 3.87. The topological polar surface area (TPSA) is 33.1 Å². The monoisotopic (exact) mass is 281 g/mol. The van der Waals surface area contributed by atoms with E-state index in [9.17, 15) is 18.3 Å². The Labute approximate surface area is 109 Å². The summed E-state index contributed by atoms with van der Waals surface area (Å²) in [6.45, 7) is 5.28. The first-order valence-corrected chi connectivity index (χ1v) is 5.93. The average molecular weight is 282 g/mol. The summed E-state index contributed by atoms with van der Waals surface area (Å²) in [6.07, 6.45) is -4.45. The molecule has 2 unspecified atom stereocenters. The largest absolute Gasteiger partial charge is 0.417 e. The Bertz CT molecular complexity index is 410. The quantitative estimate of drug-likeness (QED) is 0.912. The number of alkyl halides is 3. The second-order valence-corrected chi connectivity index (χ2v) is 5.01. The maximum atomic E-state index is 12.5. The lowest BCUT2D eigenvalue weighted by atomic mass is 9.87. The zero-order chi connectivity index (χ0) is 14.1. The van der Waals surface area contributed by atoms with Gasteiger partial charge < -0.3 is 5.11 Å². The minimum absolute atomic E-state index is 0.0201. The van der Waals surface area contributed by atoms with Crippen molar-refractivity contribution in [2.75, 3.05) is 0 Å². The van der Waals surface area contributed by atoms with Gasteiger partial charge in [0.15, 0.2) is 0 Å². The SMILES string of the molecule is CC(C)C(c1ncc(C(F)(F)F)cc1Cl)C(C)O. The number of rotatable bonds is 3. The minimum Gasteiger partial charge on any atom is -0.393 e. The van der Waals surface area contributed by atoms with E-state index in [1.807, 2.05) is 13.8 Å². The molecule has 2 nitrogen and oxygen atoms in total. The molecule has 1 aromatic heterocycles. The normalized spacial score (nSPS) is 15.8. The molecule has 0 aliphatic heterocycles. The molecule has 1 aromatic rings. The van der Waals surface area contributed by atoms with E-state index in [-0.39, 0.29) is 16.9 Å². The lowest BCUT2D eigenvalue weighted by molar-refractivity contribution is -0.137. The summed E-state index contributed by atoms with van der Waals surface area (Å²) in [7, 11) is 0. The van der Waals surface area contributed by atoms with E-state index >= 15 is 0 Å². The van der Waals surface area contributed by atoms with Crippen molar-refractivity contribution >= 4 is 11.6 Å². The highest BCUT2D eigenvalue weighted by molar-refractivity contribution is 6.31. The van der Waals surface area contributed by atoms with Crippen molar-refractivity contribution in [1.29, 1.82) is 0 Å². The van der Waals surface area contributed by atoms with Crippen LogP contribution in [0.5, 0.6) is 0 Å². The third-order valence-corrected chi connectivity index (χ3v) is 3.05. The number of halogens is 4. The van der Waals surface area contributed by atoms with Gasteiger partial charge in [-0.1, -0.05) is 25.4 Å². The molecule has 2 atom stereocenters. The van der Waals surface area contributed by atoms with Gasteiger partial charge in [-0.2, -0.15) is 13.2 Å². The van der Waals surface area contributed by atoms with Gasteiger partial charge in [-0.15, -0.1) is 0 Å². The number of aliphatic hydroxyl groups is 1. The maximum absolute atomic E-state index is 12.5. The number of hydrogen-bond acceptors (Lipinski definition) is 2. The summed E-state index contributed by atoms with van der Waals surface area (Å²) in [5.41, 5.74) is -0.584. The van der Waals surface area contributed by atoms with E-state index < -0.39 is 17.8 Å². The molecule has 0 bridgehead atoms. The molecule has 18 heavy (non-hydrogen) atoms. The zero-order valence-electron chi connectivity index (χ0n) is 10.3. The van der Waals surface area contributed by atoms with Crippen molar-refractivity contribution in [3.05, 3.63) is 28.5 Å². The Morgan fingerprint density at radius 1 is 1.28 bits per heavy atom. The lowest BCUT2D eigenvalue weighted by Crippen LogP contribution is -2.22. The molecule has 1 rings (SSSR count). The number of hydrogen-bond donors (Lipinski definition) is 1. The van der Waals surface area contributed by atoms with E-state index in [0.717, 1.165) is 12.3 Å². The van der Waals surface area contributed by atoms with Crippen molar-refractivity contribution in [3.8, 4) is 0 Å². The van der Waals surface area contributed by atoms with Gasteiger partial charge >= 0.3 is 6.18 Å². The number of nitrogens with zero attached hydrogens (tertiary/aromatic N) is 1.